The number of aryl methyl sites for hydroxylation is 1. The molecule has 74 valence electrons. The van der Waals surface area contributed by atoms with Gasteiger partial charge in [-0.2, -0.15) is 0 Å². The first-order valence-electron chi connectivity index (χ1n) is 4.63. The maximum atomic E-state index is 13.2. The van der Waals surface area contributed by atoms with Gasteiger partial charge in [-0.25, -0.2) is 4.39 Å². The van der Waals surface area contributed by atoms with Gasteiger partial charge in [0, 0.05) is 22.7 Å². The SMILES string of the molecule is Cc1c(F)ccc2cc([C@@H](C)N)[nH]c12. The molecule has 1 atom stereocenters. The van der Waals surface area contributed by atoms with Gasteiger partial charge in [0.05, 0.1) is 5.52 Å². The quantitative estimate of drug-likeness (QED) is 0.716. The Morgan fingerprint density at radius 1 is 1.43 bits per heavy atom. The topological polar surface area (TPSA) is 41.8 Å². The van der Waals surface area contributed by atoms with Crippen LogP contribution in [0.4, 0.5) is 4.39 Å². The second-order valence-electron chi connectivity index (χ2n) is 3.65. The molecule has 3 N–H and O–H groups in total. The molecule has 1 aromatic carbocycles. The fourth-order valence-corrected chi connectivity index (χ4v) is 1.59. The van der Waals surface area contributed by atoms with Crippen molar-refractivity contribution in [2.45, 2.75) is 19.9 Å². The summed E-state index contributed by atoms with van der Waals surface area (Å²) in [7, 11) is 0. The molecule has 0 amide bonds. The fraction of sp³-hybridized carbons (Fsp3) is 0.273. The van der Waals surface area contributed by atoms with Crippen LogP contribution in [0.3, 0.4) is 0 Å². The van der Waals surface area contributed by atoms with Gasteiger partial charge in [0.1, 0.15) is 5.82 Å². The Labute approximate surface area is 81.9 Å². The van der Waals surface area contributed by atoms with Crippen LogP contribution in [-0.4, -0.2) is 4.98 Å². The van der Waals surface area contributed by atoms with Gasteiger partial charge in [0.15, 0.2) is 0 Å². The zero-order valence-electron chi connectivity index (χ0n) is 8.26. The van der Waals surface area contributed by atoms with Gasteiger partial charge in [-0.15, -0.1) is 0 Å². The van der Waals surface area contributed by atoms with Crippen LogP contribution < -0.4 is 5.73 Å². The van der Waals surface area contributed by atoms with Crippen molar-refractivity contribution in [2.75, 3.05) is 0 Å². The van der Waals surface area contributed by atoms with Crippen molar-refractivity contribution in [1.82, 2.24) is 4.98 Å². The summed E-state index contributed by atoms with van der Waals surface area (Å²) < 4.78 is 13.2. The molecule has 3 heteroatoms. The first kappa shape index (κ1) is 9.21. The summed E-state index contributed by atoms with van der Waals surface area (Å²) in [5.74, 6) is -0.185. The molecule has 0 aliphatic carbocycles. The highest BCUT2D eigenvalue weighted by Gasteiger charge is 2.08. The number of nitrogens with one attached hydrogen (secondary N) is 1. The van der Waals surface area contributed by atoms with Gasteiger partial charge in [-0.1, -0.05) is 0 Å². The Morgan fingerprint density at radius 2 is 2.14 bits per heavy atom. The first-order valence-corrected chi connectivity index (χ1v) is 4.63. The van der Waals surface area contributed by atoms with Crippen molar-refractivity contribution in [3.8, 4) is 0 Å². The van der Waals surface area contributed by atoms with Crippen LogP contribution in [0.2, 0.25) is 0 Å². The van der Waals surface area contributed by atoms with Gasteiger partial charge in [-0.05, 0) is 32.0 Å². The van der Waals surface area contributed by atoms with E-state index in [-0.39, 0.29) is 11.9 Å². The second kappa shape index (κ2) is 3.10. The molecular formula is C11H13FN2. The van der Waals surface area contributed by atoms with Gasteiger partial charge >= 0.3 is 0 Å². The number of H-pyrrole nitrogens is 1. The molecule has 0 aliphatic heterocycles. The molecule has 0 fully saturated rings. The molecule has 0 radical (unpaired) electrons. The van der Waals surface area contributed by atoms with Gasteiger partial charge in [-0.3, -0.25) is 0 Å². The highest BCUT2D eigenvalue weighted by atomic mass is 19.1. The summed E-state index contributed by atoms with van der Waals surface area (Å²) in [4.78, 5) is 3.14. The third kappa shape index (κ3) is 1.30. The summed E-state index contributed by atoms with van der Waals surface area (Å²) in [5.41, 5.74) is 8.17. The monoisotopic (exact) mass is 192 g/mol. The van der Waals surface area contributed by atoms with Crippen molar-refractivity contribution >= 4 is 10.9 Å². The van der Waals surface area contributed by atoms with Crippen LogP contribution in [0.15, 0.2) is 18.2 Å². The minimum Gasteiger partial charge on any atom is -0.357 e. The van der Waals surface area contributed by atoms with Crippen molar-refractivity contribution in [2.24, 2.45) is 5.73 Å². The molecule has 0 saturated carbocycles. The molecule has 0 spiro atoms. The maximum absolute atomic E-state index is 13.2. The molecule has 1 heterocycles. The Bertz CT molecular complexity index is 471. The van der Waals surface area contributed by atoms with Crippen LogP contribution in [0, 0.1) is 12.7 Å². The number of fused-ring (bicyclic) bond motifs is 1. The maximum Gasteiger partial charge on any atom is 0.128 e. The number of halogens is 1. The van der Waals surface area contributed by atoms with E-state index in [4.69, 9.17) is 5.73 Å². The molecule has 1 aromatic heterocycles. The normalized spacial score (nSPS) is 13.4. The lowest BCUT2D eigenvalue weighted by Gasteiger charge is -1.99. The number of nitrogens with two attached hydrogens (primary N) is 1. The molecular weight excluding hydrogens is 179 g/mol. The van der Waals surface area contributed by atoms with E-state index in [1.54, 1.807) is 13.0 Å². The Hall–Kier alpha value is -1.35. The van der Waals surface area contributed by atoms with E-state index in [0.29, 0.717) is 5.56 Å². The summed E-state index contributed by atoms with van der Waals surface area (Å²) in [6, 6.07) is 5.16. The lowest BCUT2D eigenvalue weighted by Crippen LogP contribution is -2.04. The number of rotatable bonds is 1. The third-order valence-electron chi connectivity index (χ3n) is 2.50. The van der Waals surface area contributed by atoms with Crippen LogP contribution in [0.25, 0.3) is 10.9 Å². The van der Waals surface area contributed by atoms with E-state index >= 15 is 0 Å². The lowest BCUT2D eigenvalue weighted by molar-refractivity contribution is 0.620. The Morgan fingerprint density at radius 3 is 2.79 bits per heavy atom. The molecule has 0 bridgehead atoms. The number of aromatic amines is 1. The third-order valence-corrected chi connectivity index (χ3v) is 2.50. The number of aromatic nitrogens is 1. The molecule has 2 rings (SSSR count). The summed E-state index contributed by atoms with van der Waals surface area (Å²) >= 11 is 0. The van der Waals surface area contributed by atoms with Crippen LogP contribution >= 0.6 is 0 Å². The Balaban J connectivity index is 2.71. The van der Waals surface area contributed by atoms with E-state index in [1.165, 1.54) is 6.07 Å². The largest absolute Gasteiger partial charge is 0.357 e. The van der Waals surface area contributed by atoms with E-state index in [9.17, 15) is 4.39 Å². The molecule has 0 saturated heterocycles. The van der Waals surface area contributed by atoms with Crippen molar-refractivity contribution < 1.29 is 4.39 Å². The highest BCUT2D eigenvalue weighted by molar-refractivity contribution is 5.83. The number of benzene rings is 1. The lowest BCUT2D eigenvalue weighted by atomic mass is 10.1. The average molecular weight is 192 g/mol. The zero-order valence-corrected chi connectivity index (χ0v) is 8.26. The van der Waals surface area contributed by atoms with Crippen LogP contribution in [-0.2, 0) is 0 Å². The molecule has 0 unspecified atom stereocenters. The fourth-order valence-electron chi connectivity index (χ4n) is 1.59. The first-order chi connectivity index (χ1) is 6.59. The standard InChI is InChI=1S/C11H13FN2/c1-6-9(12)4-3-8-5-10(7(2)13)14-11(6)8/h3-5,7,14H,13H2,1-2H3/t7-/m1/s1. The van der Waals surface area contributed by atoms with Crippen LogP contribution in [0.1, 0.15) is 24.2 Å². The van der Waals surface area contributed by atoms with Crippen LogP contribution in [0.5, 0.6) is 0 Å². The zero-order chi connectivity index (χ0) is 10.3. The van der Waals surface area contributed by atoms with Crippen molar-refractivity contribution in [3.63, 3.8) is 0 Å². The minimum absolute atomic E-state index is 0.0511. The van der Waals surface area contributed by atoms with E-state index in [0.717, 1.165) is 16.6 Å². The minimum atomic E-state index is -0.185. The molecule has 2 aromatic rings. The van der Waals surface area contributed by atoms with Crippen molar-refractivity contribution in [3.05, 3.63) is 35.3 Å². The number of hydrogen-bond donors (Lipinski definition) is 2. The average Bonchev–Trinajstić information content (AvgIpc) is 2.56. The van der Waals surface area contributed by atoms with E-state index in [2.05, 4.69) is 4.98 Å². The van der Waals surface area contributed by atoms with E-state index < -0.39 is 0 Å². The van der Waals surface area contributed by atoms with Crippen molar-refractivity contribution in [1.29, 1.82) is 0 Å². The predicted molar refractivity (Wildman–Crippen MR) is 55.6 cm³/mol. The molecule has 2 nitrogen and oxygen atoms in total. The van der Waals surface area contributed by atoms with Gasteiger partial charge in [0.2, 0.25) is 0 Å². The van der Waals surface area contributed by atoms with E-state index in [1.807, 2.05) is 13.0 Å². The molecule has 0 aliphatic rings. The van der Waals surface area contributed by atoms with Gasteiger partial charge in [0.25, 0.3) is 0 Å². The number of hydrogen-bond acceptors (Lipinski definition) is 1. The Kier molecular flexibility index (Phi) is 2.04. The summed E-state index contributed by atoms with van der Waals surface area (Å²) in [6.45, 7) is 3.66. The highest BCUT2D eigenvalue weighted by Crippen LogP contribution is 2.23. The summed E-state index contributed by atoms with van der Waals surface area (Å²) in [6.07, 6.45) is 0. The predicted octanol–water partition coefficient (Wildman–Crippen LogP) is 2.64. The smallest absolute Gasteiger partial charge is 0.128 e. The summed E-state index contributed by atoms with van der Waals surface area (Å²) in [5, 5.41) is 1.01. The van der Waals surface area contributed by atoms with Gasteiger partial charge < -0.3 is 10.7 Å². The second-order valence-corrected chi connectivity index (χ2v) is 3.65. The molecule has 14 heavy (non-hydrogen) atoms.